The third-order valence-corrected chi connectivity index (χ3v) is 4.95. The molecule has 110 valence electrons. The third-order valence-electron chi connectivity index (χ3n) is 3.55. The molecule has 1 aromatic heterocycles. The Bertz CT molecular complexity index is 689. The monoisotopic (exact) mass is 307 g/mol. The van der Waals surface area contributed by atoms with Crippen molar-refractivity contribution in [1.82, 2.24) is 4.98 Å². The first-order valence-electron chi connectivity index (χ1n) is 6.74. The summed E-state index contributed by atoms with van der Waals surface area (Å²) in [5.74, 6) is 0.504. The van der Waals surface area contributed by atoms with E-state index in [0.717, 1.165) is 18.2 Å². The second kappa shape index (κ2) is 5.85. The van der Waals surface area contributed by atoms with Gasteiger partial charge in [0.05, 0.1) is 22.1 Å². The lowest BCUT2D eigenvalue weighted by Crippen LogP contribution is -2.15. The summed E-state index contributed by atoms with van der Waals surface area (Å²) in [5, 5.41) is 14.9. The topological polar surface area (TPSA) is 68.1 Å². The number of halogens is 1. The van der Waals surface area contributed by atoms with E-state index in [1.165, 1.54) is 12.6 Å². The minimum atomic E-state index is -0.629. The highest BCUT2D eigenvalue weighted by molar-refractivity contribution is 8.00. The molecule has 3 rings (SSSR count). The summed E-state index contributed by atoms with van der Waals surface area (Å²) in [7, 11) is 0. The van der Waals surface area contributed by atoms with Crippen molar-refractivity contribution in [1.29, 1.82) is 0 Å². The average molecular weight is 307 g/mol. The molecule has 1 N–H and O–H groups in total. The number of nitro benzene ring substituents is 1. The van der Waals surface area contributed by atoms with Gasteiger partial charge in [-0.15, -0.1) is 0 Å². The quantitative estimate of drug-likeness (QED) is 0.690. The molecule has 1 aromatic carbocycles. The third kappa shape index (κ3) is 2.78. The molecule has 0 saturated carbocycles. The molecule has 0 bridgehead atoms. The van der Waals surface area contributed by atoms with Gasteiger partial charge in [-0.1, -0.05) is 0 Å². The van der Waals surface area contributed by atoms with Crippen LogP contribution >= 0.6 is 11.8 Å². The summed E-state index contributed by atoms with van der Waals surface area (Å²) in [6.07, 6.45) is 3.80. The smallest absolute Gasteiger partial charge is 0.281 e. The lowest BCUT2D eigenvalue weighted by molar-refractivity contribution is -0.383. The molecule has 7 heteroatoms. The zero-order valence-corrected chi connectivity index (χ0v) is 12.0. The standard InChI is InChI=1S/C14H14FN3O2S/c15-11-7-12(18(19)20)10-4-1-5-16-13(10)14(11)17-8-9-3-2-6-21-9/h1,4-5,7,9,17H,2-3,6,8H2. The highest BCUT2D eigenvalue weighted by Crippen LogP contribution is 2.33. The Morgan fingerprint density at radius 3 is 3.14 bits per heavy atom. The molecule has 2 heterocycles. The van der Waals surface area contributed by atoms with Crippen LogP contribution in [0.2, 0.25) is 0 Å². The zero-order valence-electron chi connectivity index (χ0n) is 11.2. The molecular weight excluding hydrogens is 293 g/mol. The van der Waals surface area contributed by atoms with Crippen LogP contribution in [0.3, 0.4) is 0 Å². The first-order chi connectivity index (χ1) is 10.2. The van der Waals surface area contributed by atoms with Gasteiger partial charge >= 0.3 is 0 Å². The van der Waals surface area contributed by atoms with Crippen LogP contribution in [0.4, 0.5) is 15.8 Å². The predicted molar refractivity (Wildman–Crippen MR) is 82.3 cm³/mol. The largest absolute Gasteiger partial charge is 0.380 e. The number of thioether (sulfide) groups is 1. The van der Waals surface area contributed by atoms with Crippen molar-refractivity contribution in [3.63, 3.8) is 0 Å². The number of non-ortho nitro benzene ring substituents is 1. The van der Waals surface area contributed by atoms with Crippen molar-refractivity contribution < 1.29 is 9.31 Å². The van der Waals surface area contributed by atoms with Crippen LogP contribution in [0.1, 0.15) is 12.8 Å². The molecule has 0 amide bonds. The van der Waals surface area contributed by atoms with E-state index < -0.39 is 10.7 Å². The molecule has 1 fully saturated rings. The normalized spacial score (nSPS) is 18.0. The summed E-state index contributed by atoms with van der Waals surface area (Å²) in [5.41, 5.74) is 0.312. The van der Waals surface area contributed by atoms with Crippen molar-refractivity contribution in [2.75, 3.05) is 17.6 Å². The Balaban J connectivity index is 1.99. The summed E-state index contributed by atoms with van der Waals surface area (Å²) in [4.78, 5) is 14.6. The van der Waals surface area contributed by atoms with Crippen LogP contribution in [0, 0.1) is 15.9 Å². The molecule has 0 radical (unpaired) electrons. The average Bonchev–Trinajstić information content (AvgIpc) is 2.98. The Morgan fingerprint density at radius 2 is 2.43 bits per heavy atom. The fourth-order valence-electron chi connectivity index (χ4n) is 2.53. The van der Waals surface area contributed by atoms with E-state index in [-0.39, 0.29) is 11.4 Å². The zero-order chi connectivity index (χ0) is 14.8. The molecule has 1 aliphatic heterocycles. The maximum Gasteiger partial charge on any atom is 0.281 e. The highest BCUT2D eigenvalue weighted by Gasteiger charge is 2.21. The van der Waals surface area contributed by atoms with E-state index in [0.29, 0.717) is 22.7 Å². The van der Waals surface area contributed by atoms with Gasteiger partial charge in [0.1, 0.15) is 5.52 Å². The fraction of sp³-hybridized carbons (Fsp3) is 0.357. The molecule has 0 spiro atoms. The van der Waals surface area contributed by atoms with Crippen LogP contribution in [-0.2, 0) is 0 Å². The maximum absolute atomic E-state index is 14.2. The minimum absolute atomic E-state index is 0.253. The molecule has 5 nitrogen and oxygen atoms in total. The van der Waals surface area contributed by atoms with Crippen molar-refractivity contribution in [3.8, 4) is 0 Å². The first kappa shape index (κ1) is 14.1. The number of aromatic nitrogens is 1. The van der Waals surface area contributed by atoms with E-state index in [9.17, 15) is 14.5 Å². The van der Waals surface area contributed by atoms with Crippen molar-refractivity contribution in [2.45, 2.75) is 18.1 Å². The van der Waals surface area contributed by atoms with Crippen LogP contribution < -0.4 is 5.32 Å². The van der Waals surface area contributed by atoms with Gasteiger partial charge in [0.2, 0.25) is 0 Å². The van der Waals surface area contributed by atoms with Crippen LogP contribution in [0.15, 0.2) is 24.4 Å². The number of pyridine rings is 1. The van der Waals surface area contributed by atoms with E-state index in [4.69, 9.17) is 0 Å². The lowest BCUT2D eigenvalue weighted by atomic mass is 10.1. The molecule has 1 aliphatic rings. The minimum Gasteiger partial charge on any atom is -0.380 e. The maximum atomic E-state index is 14.2. The summed E-state index contributed by atoms with van der Waals surface area (Å²) >= 11 is 1.87. The van der Waals surface area contributed by atoms with E-state index in [1.54, 1.807) is 12.1 Å². The van der Waals surface area contributed by atoms with Crippen LogP contribution in [0.5, 0.6) is 0 Å². The van der Waals surface area contributed by atoms with Gasteiger partial charge < -0.3 is 5.32 Å². The van der Waals surface area contributed by atoms with Crippen LogP contribution in [0.25, 0.3) is 10.9 Å². The van der Waals surface area contributed by atoms with Gasteiger partial charge in [0, 0.05) is 18.0 Å². The number of hydrogen-bond acceptors (Lipinski definition) is 5. The highest BCUT2D eigenvalue weighted by atomic mass is 32.2. The summed E-state index contributed by atoms with van der Waals surface area (Å²) in [6, 6.07) is 4.17. The number of benzene rings is 1. The Labute approximate surface area is 125 Å². The van der Waals surface area contributed by atoms with Gasteiger partial charge in [0.15, 0.2) is 5.82 Å². The number of rotatable bonds is 4. The Kier molecular flexibility index (Phi) is 3.92. The molecule has 1 unspecified atom stereocenters. The van der Waals surface area contributed by atoms with Crippen LogP contribution in [-0.4, -0.2) is 27.5 Å². The number of anilines is 1. The molecule has 0 aliphatic carbocycles. The van der Waals surface area contributed by atoms with Gasteiger partial charge in [-0.2, -0.15) is 11.8 Å². The van der Waals surface area contributed by atoms with Crippen molar-refractivity contribution in [3.05, 3.63) is 40.3 Å². The Morgan fingerprint density at radius 1 is 1.57 bits per heavy atom. The number of nitrogens with zero attached hydrogens (tertiary/aromatic N) is 2. The number of nitro groups is 1. The fourth-order valence-corrected chi connectivity index (χ4v) is 3.74. The number of nitrogens with one attached hydrogen (secondary N) is 1. The first-order valence-corrected chi connectivity index (χ1v) is 7.79. The van der Waals surface area contributed by atoms with Crippen molar-refractivity contribution >= 4 is 34.0 Å². The van der Waals surface area contributed by atoms with Gasteiger partial charge in [0.25, 0.3) is 5.69 Å². The van der Waals surface area contributed by atoms with Crippen molar-refractivity contribution in [2.24, 2.45) is 0 Å². The second-order valence-corrected chi connectivity index (χ2v) is 6.33. The van der Waals surface area contributed by atoms with Gasteiger partial charge in [-0.05, 0) is 30.7 Å². The molecule has 21 heavy (non-hydrogen) atoms. The molecular formula is C14H14FN3O2S. The van der Waals surface area contributed by atoms with E-state index >= 15 is 0 Å². The SMILES string of the molecule is O=[N+]([O-])c1cc(F)c(NCC2CCCS2)c2ncccc12. The summed E-state index contributed by atoms with van der Waals surface area (Å²) < 4.78 is 14.2. The van der Waals surface area contributed by atoms with E-state index in [2.05, 4.69) is 10.3 Å². The molecule has 2 aromatic rings. The molecule has 1 saturated heterocycles. The predicted octanol–water partition coefficient (Wildman–Crippen LogP) is 3.59. The molecule has 1 atom stereocenters. The van der Waals surface area contributed by atoms with Gasteiger partial charge in [-0.25, -0.2) is 4.39 Å². The number of hydrogen-bond donors (Lipinski definition) is 1. The van der Waals surface area contributed by atoms with E-state index in [1.807, 2.05) is 11.8 Å². The second-order valence-electron chi connectivity index (χ2n) is 4.93. The lowest BCUT2D eigenvalue weighted by Gasteiger charge is -2.13. The van der Waals surface area contributed by atoms with Gasteiger partial charge in [-0.3, -0.25) is 15.1 Å². The Hall–Kier alpha value is -1.89. The summed E-state index contributed by atoms with van der Waals surface area (Å²) in [6.45, 7) is 0.644. The number of fused-ring (bicyclic) bond motifs is 1.